The molecule has 1 rings (SSSR count). The minimum atomic E-state index is -4.09. The van der Waals surface area contributed by atoms with Crippen molar-refractivity contribution in [1.29, 1.82) is 0 Å². The SMILES string of the molecule is CCOP(=O)(OCC)[C@@H](C(=O)OC(C)(C)C)[C@H](c1ccc(Br)cc1)[C@@H](C)[N+](=O)[O-]. The molecule has 0 aromatic heterocycles. The average Bonchev–Trinajstić information content (AvgIpc) is 2.58. The predicted octanol–water partition coefficient (Wildman–Crippen LogP) is 5.17. The van der Waals surface area contributed by atoms with Crippen molar-refractivity contribution in [2.24, 2.45) is 0 Å². The third-order valence-electron chi connectivity index (χ3n) is 4.05. The van der Waals surface area contributed by atoms with E-state index in [9.17, 15) is 19.5 Å². The highest BCUT2D eigenvalue weighted by Gasteiger charge is 2.53. The van der Waals surface area contributed by atoms with Crippen LogP contribution >= 0.6 is 23.5 Å². The van der Waals surface area contributed by atoms with E-state index in [1.807, 2.05) is 0 Å². The number of halogens is 1. The van der Waals surface area contributed by atoms with Crippen LogP contribution in [-0.2, 0) is 23.1 Å². The maximum Gasteiger partial charge on any atom is 0.345 e. The van der Waals surface area contributed by atoms with Crippen molar-refractivity contribution in [3.63, 3.8) is 0 Å². The van der Waals surface area contributed by atoms with Crippen molar-refractivity contribution in [3.8, 4) is 0 Å². The summed E-state index contributed by atoms with van der Waals surface area (Å²) < 4.78 is 30.8. The first-order valence-electron chi connectivity index (χ1n) is 9.36. The molecule has 0 aliphatic carbocycles. The van der Waals surface area contributed by atoms with Crippen molar-refractivity contribution >= 4 is 29.5 Å². The molecule has 0 spiro atoms. The van der Waals surface area contributed by atoms with Crippen molar-refractivity contribution in [2.75, 3.05) is 13.2 Å². The van der Waals surface area contributed by atoms with E-state index in [4.69, 9.17) is 13.8 Å². The molecule has 29 heavy (non-hydrogen) atoms. The number of rotatable bonds is 10. The second-order valence-corrected chi connectivity index (χ2v) is 10.5. The van der Waals surface area contributed by atoms with Crippen LogP contribution < -0.4 is 0 Å². The topological polar surface area (TPSA) is 105 Å². The van der Waals surface area contributed by atoms with Gasteiger partial charge in [0.1, 0.15) is 5.60 Å². The minimum Gasteiger partial charge on any atom is -0.459 e. The number of carbonyl (C=O) groups excluding carboxylic acids is 1. The number of carbonyl (C=O) groups is 1. The Bertz CT molecular complexity index is 738. The Labute approximate surface area is 180 Å². The van der Waals surface area contributed by atoms with E-state index in [2.05, 4.69) is 15.9 Å². The monoisotopic (exact) mass is 493 g/mol. The fraction of sp³-hybridized carbons (Fsp3) is 0.632. The molecule has 0 N–H and O–H groups in total. The highest BCUT2D eigenvalue weighted by Crippen LogP contribution is 2.58. The lowest BCUT2D eigenvalue weighted by Crippen LogP contribution is -2.42. The standard InChI is InChI=1S/C19H29BrNO7P/c1-7-26-29(25,27-8-2)17(18(22)28-19(4,5)6)16(13(3)21(23)24)14-9-11-15(20)12-10-14/h9-13,16-17H,7-8H2,1-6H3/t13-,16+,17-/m1/s1. The predicted molar refractivity (Wildman–Crippen MR) is 114 cm³/mol. The molecule has 0 aliphatic heterocycles. The second-order valence-electron chi connectivity index (χ2n) is 7.46. The zero-order chi connectivity index (χ0) is 22.4. The van der Waals surface area contributed by atoms with Crippen LogP contribution in [0.1, 0.15) is 53.0 Å². The number of nitro groups is 1. The molecule has 0 radical (unpaired) electrons. The quantitative estimate of drug-likeness (QED) is 0.191. The maximum absolute atomic E-state index is 13.7. The summed E-state index contributed by atoms with van der Waals surface area (Å²) in [6.45, 7) is 9.62. The number of ether oxygens (including phenoxy) is 1. The first kappa shape index (κ1) is 25.8. The highest BCUT2D eigenvalue weighted by atomic mass is 79.9. The maximum atomic E-state index is 13.7. The normalized spacial score (nSPS) is 15.4. The van der Waals surface area contributed by atoms with Crippen LogP contribution in [0.5, 0.6) is 0 Å². The van der Waals surface area contributed by atoms with Crippen molar-refractivity contribution in [1.82, 2.24) is 0 Å². The smallest absolute Gasteiger partial charge is 0.345 e. The van der Waals surface area contributed by atoms with Crippen LogP contribution in [0.2, 0.25) is 0 Å². The van der Waals surface area contributed by atoms with Gasteiger partial charge < -0.3 is 13.8 Å². The van der Waals surface area contributed by atoms with Gasteiger partial charge in [0.2, 0.25) is 6.04 Å². The molecule has 0 saturated carbocycles. The van der Waals surface area contributed by atoms with Gasteiger partial charge in [0.15, 0.2) is 5.66 Å². The van der Waals surface area contributed by atoms with Gasteiger partial charge in [-0.15, -0.1) is 0 Å². The van der Waals surface area contributed by atoms with Crippen molar-refractivity contribution in [3.05, 3.63) is 44.4 Å². The van der Waals surface area contributed by atoms with Gasteiger partial charge in [-0.2, -0.15) is 0 Å². The fourth-order valence-corrected chi connectivity index (χ4v) is 5.44. The number of esters is 1. The van der Waals surface area contributed by atoms with E-state index < -0.39 is 41.7 Å². The van der Waals surface area contributed by atoms with Crippen molar-refractivity contribution in [2.45, 2.75) is 64.8 Å². The van der Waals surface area contributed by atoms with Gasteiger partial charge >= 0.3 is 13.6 Å². The lowest BCUT2D eigenvalue weighted by Gasteiger charge is -2.33. The zero-order valence-electron chi connectivity index (χ0n) is 17.6. The molecule has 0 fully saturated rings. The van der Waals surface area contributed by atoms with Crippen LogP contribution in [0.4, 0.5) is 0 Å². The number of benzene rings is 1. The lowest BCUT2D eigenvalue weighted by atomic mass is 9.89. The van der Waals surface area contributed by atoms with Crippen LogP contribution in [-0.4, -0.2) is 41.4 Å². The van der Waals surface area contributed by atoms with Gasteiger partial charge in [0.05, 0.1) is 19.1 Å². The molecule has 0 bridgehead atoms. The molecular formula is C19H29BrNO7P. The lowest BCUT2D eigenvalue weighted by molar-refractivity contribution is -0.522. The fourth-order valence-electron chi connectivity index (χ4n) is 2.93. The summed E-state index contributed by atoms with van der Waals surface area (Å²) >= 11 is 3.33. The number of hydrogen-bond donors (Lipinski definition) is 0. The molecule has 10 heteroatoms. The molecule has 0 saturated heterocycles. The highest BCUT2D eigenvalue weighted by molar-refractivity contribution is 9.10. The van der Waals surface area contributed by atoms with E-state index in [-0.39, 0.29) is 13.2 Å². The Balaban J connectivity index is 3.69. The Morgan fingerprint density at radius 1 is 1.17 bits per heavy atom. The van der Waals surface area contributed by atoms with Crippen LogP contribution in [0, 0.1) is 10.1 Å². The summed E-state index contributed by atoms with van der Waals surface area (Å²) in [5.74, 6) is -1.94. The summed E-state index contributed by atoms with van der Waals surface area (Å²) in [6, 6.07) is 5.45. The molecule has 164 valence electrons. The van der Waals surface area contributed by atoms with Crippen LogP contribution in [0.3, 0.4) is 0 Å². The first-order valence-corrected chi connectivity index (χ1v) is 11.8. The molecular weight excluding hydrogens is 465 g/mol. The van der Waals surface area contributed by atoms with Crippen molar-refractivity contribution < 1.29 is 28.1 Å². The number of nitrogens with zero attached hydrogens (tertiary/aromatic N) is 1. The Morgan fingerprint density at radius 2 is 1.66 bits per heavy atom. The third kappa shape index (κ3) is 7.17. The second kappa shape index (κ2) is 10.7. The van der Waals surface area contributed by atoms with Gasteiger partial charge in [-0.1, -0.05) is 28.1 Å². The first-order chi connectivity index (χ1) is 13.4. The van der Waals surface area contributed by atoms with Gasteiger partial charge in [-0.05, 0) is 52.3 Å². The summed E-state index contributed by atoms with van der Waals surface area (Å²) in [5, 5.41) is 11.7. The summed E-state index contributed by atoms with van der Waals surface area (Å²) in [4.78, 5) is 24.4. The molecule has 1 aromatic rings. The molecule has 1 aromatic carbocycles. The Kier molecular flexibility index (Phi) is 9.47. The van der Waals surface area contributed by atoms with Crippen LogP contribution in [0.15, 0.2) is 28.7 Å². The van der Waals surface area contributed by atoms with E-state index in [1.54, 1.807) is 58.9 Å². The van der Waals surface area contributed by atoms with Crippen LogP contribution in [0.25, 0.3) is 0 Å². The van der Waals surface area contributed by atoms with E-state index >= 15 is 0 Å². The molecule has 8 nitrogen and oxygen atoms in total. The molecule has 3 atom stereocenters. The third-order valence-corrected chi connectivity index (χ3v) is 7.03. The Morgan fingerprint density at radius 3 is 2.03 bits per heavy atom. The average molecular weight is 494 g/mol. The summed E-state index contributed by atoms with van der Waals surface area (Å²) in [7, 11) is -4.09. The summed E-state index contributed by atoms with van der Waals surface area (Å²) in [6.07, 6.45) is 0. The van der Waals surface area contributed by atoms with E-state index in [0.29, 0.717) is 5.56 Å². The van der Waals surface area contributed by atoms with Gasteiger partial charge in [0, 0.05) is 16.3 Å². The minimum absolute atomic E-state index is 0.0104. The van der Waals surface area contributed by atoms with E-state index in [0.717, 1.165) is 4.47 Å². The molecule has 0 aliphatic rings. The van der Waals surface area contributed by atoms with Gasteiger partial charge in [-0.3, -0.25) is 19.5 Å². The molecule has 0 amide bonds. The van der Waals surface area contributed by atoms with E-state index in [1.165, 1.54) is 6.92 Å². The Hall–Kier alpha value is -1.28. The number of hydrogen-bond acceptors (Lipinski definition) is 7. The molecule has 0 unspecified atom stereocenters. The van der Waals surface area contributed by atoms with Gasteiger partial charge in [-0.25, -0.2) is 0 Å². The van der Waals surface area contributed by atoms with Gasteiger partial charge in [0.25, 0.3) is 0 Å². The molecule has 0 heterocycles. The zero-order valence-corrected chi connectivity index (χ0v) is 20.1. The summed E-state index contributed by atoms with van der Waals surface area (Å²) in [5.41, 5.74) is -1.92. The largest absolute Gasteiger partial charge is 0.459 e.